The van der Waals surface area contributed by atoms with E-state index in [2.05, 4.69) is 9.97 Å². The topological polar surface area (TPSA) is 75.2 Å². The summed E-state index contributed by atoms with van der Waals surface area (Å²) in [6.45, 7) is 3.63. The van der Waals surface area contributed by atoms with Crippen LogP contribution in [0.25, 0.3) is 11.4 Å². The zero-order valence-corrected chi connectivity index (χ0v) is 12.2. The van der Waals surface area contributed by atoms with Crippen molar-refractivity contribution >= 4 is 11.6 Å². The minimum Gasteiger partial charge on any atom is -0.495 e. The summed E-state index contributed by atoms with van der Waals surface area (Å²) in [5.41, 5.74) is 0.515. The summed E-state index contributed by atoms with van der Waals surface area (Å²) in [6.07, 6.45) is 0. The highest BCUT2D eigenvalue weighted by Crippen LogP contribution is 2.29. The lowest BCUT2D eigenvalue weighted by molar-refractivity contribution is 0.415. The van der Waals surface area contributed by atoms with E-state index >= 15 is 0 Å². The Morgan fingerprint density at radius 3 is 2.60 bits per heavy atom. The highest BCUT2D eigenvalue weighted by molar-refractivity contribution is 6.32. The third-order valence-electron chi connectivity index (χ3n) is 2.94. The monoisotopic (exact) mass is 294 g/mol. The molecule has 1 aromatic heterocycles. The van der Waals surface area contributed by atoms with E-state index in [4.69, 9.17) is 16.3 Å². The van der Waals surface area contributed by atoms with Crippen LogP contribution in [0.2, 0.25) is 5.02 Å². The Labute approximate surface area is 121 Å². The van der Waals surface area contributed by atoms with E-state index in [1.165, 1.54) is 7.11 Å². The number of aromatic nitrogens is 2. The van der Waals surface area contributed by atoms with Crippen LogP contribution in [0.15, 0.2) is 23.0 Å². The van der Waals surface area contributed by atoms with Crippen LogP contribution in [0.4, 0.5) is 0 Å². The van der Waals surface area contributed by atoms with Gasteiger partial charge in [0.15, 0.2) is 0 Å². The molecule has 2 aromatic rings. The van der Waals surface area contributed by atoms with Gasteiger partial charge in [-0.25, -0.2) is 0 Å². The molecule has 1 aromatic carbocycles. The van der Waals surface area contributed by atoms with Gasteiger partial charge < -0.3 is 14.8 Å². The summed E-state index contributed by atoms with van der Waals surface area (Å²) < 4.78 is 5.06. The van der Waals surface area contributed by atoms with Crippen molar-refractivity contribution in [2.75, 3.05) is 7.11 Å². The Bertz CT molecular complexity index is 695. The van der Waals surface area contributed by atoms with Gasteiger partial charge in [0.1, 0.15) is 11.6 Å². The number of halogens is 1. The molecule has 5 nitrogen and oxygen atoms in total. The molecule has 0 saturated heterocycles. The smallest absolute Gasteiger partial charge is 0.258 e. The number of hydrogen-bond acceptors (Lipinski definition) is 4. The standard InChI is InChI=1S/C14H15ClN2O3/c1-7(2)11-13(18)16-12(17-14(11)19)8-4-5-10(20-3)9(15)6-8/h4-7H,1-3H3,(H2,16,17,18,19). The second kappa shape index (κ2) is 5.54. The predicted octanol–water partition coefficient (Wildman–Crippen LogP) is 2.93. The lowest BCUT2D eigenvalue weighted by atomic mass is 10.1. The quantitative estimate of drug-likeness (QED) is 0.912. The molecule has 2 rings (SSSR count). The molecular weight excluding hydrogens is 280 g/mol. The molecule has 0 radical (unpaired) electrons. The lowest BCUT2D eigenvalue weighted by Gasteiger charge is -2.09. The van der Waals surface area contributed by atoms with Crippen LogP contribution in [0.1, 0.15) is 25.3 Å². The number of H-pyrrole nitrogens is 1. The molecule has 0 bridgehead atoms. The van der Waals surface area contributed by atoms with Crippen molar-refractivity contribution in [2.45, 2.75) is 19.8 Å². The Hall–Kier alpha value is -2.01. The first-order valence-corrected chi connectivity index (χ1v) is 6.49. The molecule has 0 unspecified atom stereocenters. The maximum absolute atomic E-state index is 12.0. The number of aromatic amines is 1. The molecule has 6 heteroatoms. The minimum absolute atomic E-state index is 0.111. The molecule has 0 fully saturated rings. The maximum atomic E-state index is 12.0. The van der Waals surface area contributed by atoms with Crippen molar-refractivity contribution in [3.05, 3.63) is 39.1 Å². The van der Waals surface area contributed by atoms with E-state index in [0.29, 0.717) is 16.3 Å². The van der Waals surface area contributed by atoms with Crippen LogP contribution in [0.3, 0.4) is 0 Å². The summed E-state index contributed by atoms with van der Waals surface area (Å²) in [6, 6.07) is 5.00. The number of methoxy groups -OCH3 is 1. The van der Waals surface area contributed by atoms with Gasteiger partial charge in [0.2, 0.25) is 5.88 Å². The van der Waals surface area contributed by atoms with E-state index in [1.54, 1.807) is 18.2 Å². The number of ether oxygens (including phenoxy) is 1. The molecular formula is C14H15ClN2O3. The van der Waals surface area contributed by atoms with Gasteiger partial charge in [-0.15, -0.1) is 0 Å². The van der Waals surface area contributed by atoms with Gasteiger partial charge >= 0.3 is 0 Å². The zero-order valence-electron chi connectivity index (χ0n) is 11.4. The largest absolute Gasteiger partial charge is 0.495 e. The zero-order chi connectivity index (χ0) is 14.9. The SMILES string of the molecule is COc1ccc(-c2nc(O)c(C(C)C)c(=O)[nH]2)cc1Cl. The van der Waals surface area contributed by atoms with Crippen LogP contribution < -0.4 is 10.3 Å². The minimum atomic E-state index is -0.352. The Kier molecular flexibility index (Phi) is 3.99. The van der Waals surface area contributed by atoms with E-state index in [1.807, 2.05) is 13.8 Å². The molecule has 0 atom stereocenters. The number of rotatable bonds is 3. The highest BCUT2D eigenvalue weighted by Gasteiger charge is 2.15. The molecule has 0 aliphatic carbocycles. The number of nitrogens with zero attached hydrogens (tertiary/aromatic N) is 1. The number of hydrogen-bond donors (Lipinski definition) is 2. The summed E-state index contributed by atoms with van der Waals surface area (Å²) >= 11 is 6.03. The molecule has 20 heavy (non-hydrogen) atoms. The fraction of sp³-hybridized carbons (Fsp3) is 0.286. The average molecular weight is 295 g/mol. The molecule has 106 valence electrons. The van der Waals surface area contributed by atoms with Gasteiger partial charge in [0.25, 0.3) is 5.56 Å². The Morgan fingerprint density at radius 1 is 1.40 bits per heavy atom. The van der Waals surface area contributed by atoms with E-state index in [-0.39, 0.29) is 28.7 Å². The molecule has 0 aliphatic rings. The molecule has 0 spiro atoms. The predicted molar refractivity (Wildman–Crippen MR) is 77.6 cm³/mol. The Balaban J connectivity index is 2.54. The second-order valence-electron chi connectivity index (χ2n) is 4.66. The Morgan fingerprint density at radius 2 is 2.10 bits per heavy atom. The van der Waals surface area contributed by atoms with Crippen molar-refractivity contribution in [2.24, 2.45) is 0 Å². The summed E-state index contributed by atoms with van der Waals surface area (Å²) in [7, 11) is 1.52. The fourth-order valence-corrected chi connectivity index (χ4v) is 2.20. The lowest BCUT2D eigenvalue weighted by Crippen LogP contribution is -2.16. The molecule has 0 aliphatic heterocycles. The van der Waals surface area contributed by atoms with Crippen molar-refractivity contribution in [3.63, 3.8) is 0 Å². The van der Waals surface area contributed by atoms with Crippen LogP contribution in [0.5, 0.6) is 11.6 Å². The molecule has 1 heterocycles. The number of benzene rings is 1. The highest BCUT2D eigenvalue weighted by atomic mass is 35.5. The molecule has 0 amide bonds. The normalized spacial score (nSPS) is 10.8. The maximum Gasteiger partial charge on any atom is 0.258 e. The van der Waals surface area contributed by atoms with Gasteiger partial charge in [0.05, 0.1) is 17.7 Å². The van der Waals surface area contributed by atoms with Crippen LogP contribution >= 0.6 is 11.6 Å². The van der Waals surface area contributed by atoms with Gasteiger partial charge in [-0.3, -0.25) is 4.79 Å². The van der Waals surface area contributed by atoms with E-state index in [0.717, 1.165) is 0 Å². The van der Waals surface area contributed by atoms with Crippen molar-refractivity contribution in [1.29, 1.82) is 0 Å². The average Bonchev–Trinajstić information content (AvgIpc) is 2.37. The van der Waals surface area contributed by atoms with Crippen LogP contribution in [0, 0.1) is 0 Å². The van der Waals surface area contributed by atoms with Crippen molar-refractivity contribution < 1.29 is 9.84 Å². The first-order chi connectivity index (χ1) is 9.43. The van der Waals surface area contributed by atoms with E-state index < -0.39 is 0 Å². The summed E-state index contributed by atoms with van der Waals surface area (Å²) in [5.74, 6) is 0.424. The fourth-order valence-electron chi connectivity index (χ4n) is 1.94. The van der Waals surface area contributed by atoms with Crippen LogP contribution in [-0.2, 0) is 0 Å². The first kappa shape index (κ1) is 14.4. The summed E-state index contributed by atoms with van der Waals surface area (Å²) in [4.78, 5) is 18.6. The van der Waals surface area contributed by atoms with Crippen molar-refractivity contribution in [1.82, 2.24) is 9.97 Å². The van der Waals surface area contributed by atoms with Gasteiger partial charge in [0, 0.05) is 5.56 Å². The third-order valence-corrected chi connectivity index (χ3v) is 3.23. The molecule has 0 saturated carbocycles. The second-order valence-corrected chi connectivity index (χ2v) is 5.06. The first-order valence-electron chi connectivity index (χ1n) is 6.11. The third kappa shape index (κ3) is 2.63. The van der Waals surface area contributed by atoms with Gasteiger partial charge in [-0.1, -0.05) is 25.4 Å². The van der Waals surface area contributed by atoms with Crippen molar-refractivity contribution in [3.8, 4) is 23.0 Å². The molecule has 2 N–H and O–H groups in total. The number of aromatic hydroxyl groups is 1. The van der Waals surface area contributed by atoms with Gasteiger partial charge in [-0.05, 0) is 24.1 Å². The van der Waals surface area contributed by atoms with E-state index in [9.17, 15) is 9.90 Å². The van der Waals surface area contributed by atoms with Gasteiger partial charge in [-0.2, -0.15) is 4.98 Å². The number of nitrogens with one attached hydrogen (secondary N) is 1. The van der Waals surface area contributed by atoms with Crippen LogP contribution in [-0.4, -0.2) is 22.2 Å². The summed E-state index contributed by atoms with van der Waals surface area (Å²) in [5, 5.41) is 10.3.